The van der Waals surface area contributed by atoms with Crippen molar-refractivity contribution < 1.29 is 9.84 Å². The van der Waals surface area contributed by atoms with E-state index in [2.05, 4.69) is 10.3 Å². The molecule has 1 aromatic carbocycles. The molecule has 0 saturated heterocycles. The number of ether oxygens (including phenoxy) is 1. The Morgan fingerprint density at radius 3 is 2.89 bits per heavy atom. The zero-order chi connectivity index (χ0) is 13.4. The Morgan fingerprint density at radius 2 is 2.22 bits per heavy atom. The van der Waals surface area contributed by atoms with Crippen LogP contribution in [0.3, 0.4) is 0 Å². The Kier molecular flexibility index (Phi) is 6.18. The van der Waals surface area contributed by atoms with Crippen LogP contribution in [-0.4, -0.2) is 31.3 Å². The molecule has 0 bridgehead atoms. The predicted octanol–water partition coefficient (Wildman–Crippen LogP) is 1.19. The third-order valence-electron chi connectivity index (χ3n) is 2.46. The fourth-order valence-electron chi connectivity index (χ4n) is 1.41. The van der Waals surface area contributed by atoms with E-state index >= 15 is 0 Å². The van der Waals surface area contributed by atoms with Crippen molar-refractivity contribution in [3.05, 3.63) is 29.8 Å². The maximum absolute atomic E-state index is 8.90. The Bertz CT molecular complexity index is 394. The van der Waals surface area contributed by atoms with Crippen LogP contribution in [0.1, 0.15) is 12.5 Å². The summed E-state index contributed by atoms with van der Waals surface area (Å²) in [7, 11) is 1.65. The molecule has 0 heterocycles. The van der Waals surface area contributed by atoms with Crippen molar-refractivity contribution in [2.45, 2.75) is 13.5 Å². The van der Waals surface area contributed by atoms with Crippen molar-refractivity contribution in [2.75, 3.05) is 25.6 Å². The summed E-state index contributed by atoms with van der Waals surface area (Å²) in [5, 5.41) is 11.9. The van der Waals surface area contributed by atoms with Crippen molar-refractivity contribution in [3.8, 4) is 0 Å². The maximum atomic E-state index is 8.90. The highest BCUT2D eigenvalue weighted by molar-refractivity contribution is 5.92. The zero-order valence-corrected chi connectivity index (χ0v) is 10.9. The molecule has 18 heavy (non-hydrogen) atoms. The number of guanidine groups is 1. The summed E-state index contributed by atoms with van der Waals surface area (Å²) in [5.74, 6) is 0.457. The van der Waals surface area contributed by atoms with Crippen molar-refractivity contribution in [1.82, 2.24) is 0 Å². The van der Waals surface area contributed by atoms with Gasteiger partial charge in [-0.3, -0.25) is 4.99 Å². The third-order valence-corrected chi connectivity index (χ3v) is 2.46. The lowest BCUT2D eigenvalue weighted by Gasteiger charge is -2.11. The van der Waals surface area contributed by atoms with Gasteiger partial charge < -0.3 is 20.9 Å². The number of nitrogens with zero attached hydrogens (tertiary/aromatic N) is 1. The Hall–Kier alpha value is -1.59. The maximum Gasteiger partial charge on any atom is 0.193 e. The lowest BCUT2D eigenvalue weighted by atomic mass is 10.2. The monoisotopic (exact) mass is 251 g/mol. The molecule has 0 spiro atoms. The van der Waals surface area contributed by atoms with Crippen LogP contribution in [0.15, 0.2) is 29.3 Å². The van der Waals surface area contributed by atoms with Crippen LogP contribution in [0.4, 0.5) is 5.69 Å². The molecule has 0 amide bonds. The number of rotatable bonds is 6. The van der Waals surface area contributed by atoms with Gasteiger partial charge in [-0.2, -0.15) is 0 Å². The molecular formula is C13H21N3O2. The highest BCUT2D eigenvalue weighted by Crippen LogP contribution is 2.15. The number of anilines is 1. The number of methoxy groups -OCH3 is 1. The molecule has 0 saturated carbocycles. The zero-order valence-electron chi connectivity index (χ0n) is 10.9. The van der Waals surface area contributed by atoms with E-state index in [1.165, 1.54) is 0 Å². The second-order valence-electron chi connectivity index (χ2n) is 4.23. The molecular weight excluding hydrogens is 230 g/mol. The molecule has 1 aromatic rings. The molecule has 1 unspecified atom stereocenters. The first-order valence-electron chi connectivity index (χ1n) is 5.92. The SMILES string of the molecule is COCc1ccccc1NC(N)=NCC(C)CO. The molecule has 0 fully saturated rings. The molecule has 1 atom stereocenters. The first-order chi connectivity index (χ1) is 8.67. The molecule has 5 heteroatoms. The predicted molar refractivity (Wildman–Crippen MR) is 73.5 cm³/mol. The first kappa shape index (κ1) is 14.5. The van der Waals surface area contributed by atoms with Gasteiger partial charge in [0.1, 0.15) is 0 Å². The number of nitrogens with one attached hydrogen (secondary N) is 1. The van der Waals surface area contributed by atoms with Crippen LogP contribution < -0.4 is 11.1 Å². The van der Waals surface area contributed by atoms with E-state index < -0.39 is 0 Å². The minimum absolute atomic E-state index is 0.108. The van der Waals surface area contributed by atoms with Crippen LogP contribution in [-0.2, 0) is 11.3 Å². The smallest absolute Gasteiger partial charge is 0.193 e. The molecule has 0 aromatic heterocycles. The molecule has 0 aliphatic carbocycles. The van der Waals surface area contributed by atoms with Gasteiger partial charge in [0.05, 0.1) is 6.61 Å². The van der Waals surface area contributed by atoms with E-state index in [4.69, 9.17) is 15.6 Å². The largest absolute Gasteiger partial charge is 0.396 e. The third kappa shape index (κ3) is 4.73. The summed E-state index contributed by atoms with van der Waals surface area (Å²) in [4.78, 5) is 4.17. The van der Waals surface area contributed by atoms with Gasteiger partial charge in [0.25, 0.3) is 0 Å². The van der Waals surface area contributed by atoms with Gasteiger partial charge in [-0.15, -0.1) is 0 Å². The standard InChI is InChI=1S/C13H21N3O2/c1-10(8-17)7-15-13(14)16-12-6-4-3-5-11(12)9-18-2/h3-6,10,17H,7-9H2,1-2H3,(H3,14,15,16). The number of aliphatic imine (C=N–C) groups is 1. The highest BCUT2D eigenvalue weighted by Gasteiger charge is 2.03. The van der Waals surface area contributed by atoms with Gasteiger partial charge in [0.15, 0.2) is 5.96 Å². The van der Waals surface area contributed by atoms with Crippen molar-refractivity contribution in [2.24, 2.45) is 16.6 Å². The number of aliphatic hydroxyl groups excluding tert-OH is 1. The Balaban J connectivity index is 2.66. The van der Waals surface area contributed by atoms with Gasteiger partial charge in [0, 0.05) is 31.5 Å². The molecule has 5 nitrogen and oxygen atoms in total. The quantitative estimate of drug-likeness (QED) is 0.524. The lowest BCUT2D eigenvalue weighted by Crippen LogP contribution is -2.24. The van der Waals surface area contributed by atoms with Crippen molar-refractivity contribution >= 4 is 11.6 Å². The molecule has 100 valence electrons. The molecule has 4 N–H and O–H groups in total. The van der Waals surface area contributed by atoms with E-state index in [9.17, 15) is 0 Å². The number of hydrogen-bond donors (Lipinski definition) is 3. The number of nitrogens with two attached hydrogens (primary N) is 1. The highest BCUT2D eigenvalue weighted by atomic mass is 16.5. The second kappa shape index (κ2) is 7.68. The molecule has 0 aliphatic rings. The van der Waals surface area contributed by atoms with Crippen molar-refractivity contribution in [3.63, 3.8) is 0 Å². The molecule has 0 aliphatic heterocycles. The number of para-hydroxylation sites is 1. The number of benzene rings is 1. The summed E-state index contributed by atoms with van der Waals surface area (Å²) >= 11 is 0. The fourth-order valence-corrected chi connectivity index (χ4v) is 1.41. The summed E-state index contributed by atoms with van der Waals surface area (Å²) in [6.45, 7) is 3.04. The van der Waals surface area contributed by atoms with Crippen LogP contribution in [0, 0.1) is 5.92 Å². The molecule has 0 radical (unpaired) electrons. The van der Waals surface area contributed by atoms with Crippen molar-refractivity contribution in [1.29, 1.82) is 0 Å². The summed E-state index contributed by atoms with van der Waals surface area (Å²) < 4.78 is 5.11. The van der Waals surface area contributed by atoms with Crippen LogP contribution in [0.2, 0.25) is 0 Å². The van der Waals surface area contributed by atoms with Crippen LogP contribution in [0.5, 0.6) is 0 Å². The van der Waals surface area contributed by atoms with Gasteiger partial charge >= 0.3 is 0 Å². The van der Waals surface area contributed by atoms with Crippen LogP contribution >= 0.6 is 0 Å². The minimum Gasteiger partial charge on any atom is -0.396 e. The van der Waals surface area contributed by atoms with Gasteiger partial charge in [-0.25, -0.2) is 0 Å². The van der Waals surface area contributed by atoms with Gasteiger partial charge in [-0.1, -0.05) is 25.1 Å². The van der Waals surface area contributed by atoms with E-state index in [0.717, 1.165) is 11.3 Å². The van der Waals surface area contributed by atoms with Crippen LogP contribution in [0.25, 0.3) is 0 Å². The minimum atomic E-state index is 0.108. The van der Waals surface area contributed by atoms with Gasteiger partial charge in [0.2, 0.25) is 0 Å². The summed E-state index contributed by atoms with van der Waals surface area (Å²) in [6.07, 6.45) is 0. The average molecular weight is 251 g/mol. The Labute approximate surface area is 108 Å². The lowest BCUT2D eigenvalue weighted by molar-refractivity contribution is 0.185. The fraction of sp³-hybridized carbons (Fsp3) is 0.462. The number of aliphatic hydroxyl groups is 1. The van der Waals surface area contributed by atoms with E-state index in [1.54, 1.807) is 7.11 Å². The second-order valence-corrected chi connectivity index (χ2v) is 4.23. The summed E-state index contributed by atoms with van der Waals surface area (Å²) in [5.41, 5.74) is 7.70. The summed E-state index contributed by atoms with van der Waals surface area (Å²) in [6, 6.07) is 7.76. The molecule has 1 rings (SSSR count). The van der Waals surface area contributed by atoms with Gasteiger partial charge in [-0.05, 0) is 12.0 Å². The van der Waals surface area contributed by atoms with E-state index in [1.807, 2.05) is 31.2 Å². The van der Waals surface area contributed by atoms with E-state index in [0.29, 0.717) is 19.1 Å². The topological polar surface area (TPSA) is 79.9 Å². The average Bonchev–Trinajstić information content (AvgIpc) is 2.38. The number of hydrogen-bond acceptors (Lipinski definition) is 3. The Morgan fingerprint density at radius 1 is 1.50 bits per heavy atom. The first-order valence-corrected chi connectivity index (χ1v) is 5.92. The van der Waals surface area contributed by atoms with E-state index in [-0.39, 0.29) is 12.5 Å². The normalized spacial score (nSPS) is 13.4.